The van der Waals surface area contributed by atoms with Gasteiger partial charge in [-0.3, -0.25) is 9.69 Å². The van der Waals surface area contributed by atoms with Crippen LogP contribution in [0, 0.1) is 12.7 Å². The molecule has 4 fully saturated rings. The number of benzene rings is 8. The molecule has 0 unspecified atom stereocenters. The standard InChI is InChI=1S/C29H38ClFN7O2P.C26H32ClN6O3P.C24H30N5O4PS.C19H19Cl2N4OP/c1-36-14-16-38(17-15-36)20-10-12-37(13-11-20)21-8-9-24(25(18-21)40-2)33-29-32-19-22(30)28(35-29)34-27-23(31)6-5-7-26(27)41(3,4)39;1-36-22-16-18(28-13-7-15-33-14-6-10-24(33)34)11-12-20(22)31-26-29-17-19(27)25(32-26)30-21-8-4-5-9-23(21)37(2,3)35;1-17(2)35(31,32)22-7-5-4-6-20(22)27-23-10-11-26-24(29-23)28-19-9-8-18(16-21(19)33-3)34(30)14-12-25-13-15-34;1-12-10-13(20)8-9-15(12)24-19-22-11-14(21)18(25-19)23-16-6-4-5-7-17(16)27(2,3)26/h5-9,18-20H,10-17H2,1-4H3,(H2,32,33,34,35);4-5,8-9,11-12,16-17,28H,6-7,10,13-15H2,1-3H3,(H2,29,30,31,32);4-11,16-17,25H,12-15H2,1-3H3,(H2,26,27,28,29);4-11H,1-3H3,(H2,22,23,24,25). The van der Waals surface area contributed by atoms with Gasteiger partial charge in [0.25, 0.3) is 0 Å². The normalized spacial score (nSPS) is 14.8. The van der Waals surface area contributed by atoms with E-state index < -0.39 is 49.5 Å². The molecule has 4 saturated heterocycles. The molecule has 0 radical (unpaired) electrons. The summed E-state index contributed by atoms with van der Waals surface area (Å²) in [5.41, 5.74) is 7.78. The van der Waals surface area contributed by atoms with Crippen LogP contribution in [0.5, 0.6) is 17.2 Å². The molecule has 0 bridgehead atoms. The molecule has 0 atom stereocenters. The fourth-order valence-electron chi connectivity index (χ4n) is 16.1. The quantitative estimate of drug-likeness (QED) is 0.0138. The van der Waals surface area contributed by atoms with Crippen LogP contribution in [0.2, 0.25) is 20.1 Å². The third kappa shape index (κ3) is 28.4. The summed E-state index contributed by atoms with van der Waals surface area (Å²) in [6, 6.07) is 51.2. The summed E-state index contributed by atoms with van der Waals surface area (Å²) < 4.78 is 109. The molecule has 0 saturated carbocycles. The Balaban J connectivity index is 0.000000159. The monoisotopic (exact) mass is 2080 g/mol. The first-order valence-electron chi connectivity index (χ1n) is 45.6. The molecule has 742 valence electrons. The van der Waals surface area contributed by atoms with Crippen molar-refractivity contribution in [3.05, 3.63) is 226 Å². The van der Waals surface area contributed by atoms with Crippen molar-refractivity contribution in [2.45, 2.75) is 69.1 Å². The number of para-hydroxylation sites is 4. The molecule has 12 aromatic rings. The van der Waals surface area contributed by atoms with Crippen LogP contribution in [-0.2, 0) is 32.9 Å². The Bertz CT molecular complexity index is 6710. The third-order valence-corrected chi connectivity index (χ3v) is 34.8. The highest BCUT2D eigenvalue weighted by Crippen LogP contribution is 2.48. The number of rotatable bonds is 32. The van der Waals surface area contributed by atoms with Crippen LogP contribution < -0.4 is 93.5 Å². The Labute approximate surface area is 837 Å². The van der Waals surface area contributed by atoms with E-state index in [9.17, 15) is 35.9 Å². The molecule has 42 heteroatoms. The molecular formula is C98H119Cl4FN22O10P4S. The zero-order chi connectivity index (χ0) is 100. The number of ether oxygens (including phenoxy) is 3. The molecular weight excluding hydrogens is 1960 g/mol. The largest absolute Gasteiger partial charge is 0.495 e. The Morgan fingerprint density at radius 3 is 1.57 bits per heavy atom. The summed E-state index contributed by atoms with van der Waals surface area (Å²) in [6.07, 6.45) is 12.1. The maximum atomic E-state index is 14.8. The average Bonchev–Trinajstić information content (AvgIpc) is 0.973. The topological polar surface area (TPSA) is 384 Å². The number of amides is 1. The molecule has 8 heterocycles. The second kappa shape index (κ2) is 48.0. The molecule has 4 aliphatic rings. The lowest BCUT2D eigenvalue weighted by molar-refractivity contribution is -0.127. The van der Waals surface area contributed by atoms with E-state index in [-0.39, 0.29) is 33.3 Å². The summed E-state index contributed by atoms with van der Waals surface area (Å²) >= 11 is 25.0. The number of nitrogens with one attached hydrogen (secondary N) is 10. The maximum Gasteiger partial charge on any atom is 0.229 e. The number of hydrogen-bond acceptors (Lipinski definition) is 31. The SMILES string of the molecule is COc1cc(N2CCC(N3CCN(C)CC3)CC2)ccc1Nc1ncc(Cl)c(Nc2c(F)cccc2P(C)(C)=O)n1.COc1cc(NCCCN2CCCC2=O)ccc1Nc1ncc(Cl)c(Nc2ccccc2P(C)(C)=O)n1.COc1cc(P2(=O)CCNCC2)ccc1Nc1nccc(Nc2ccccc2S(=O)(=O)C(C)C)n1.Cc1cc(Cl)ccc1Nc1ncc(Cl)c(Nc2ccccc2P(C)(C)=O)n1. The first-order chi connectivity index (χ1) is 66.8. The van der Waals surface area contributed by atoms with Gasteiger partial charge in [0.15, 0.2) is 27.3 Å². The van der Waals surface area contributed by atoms with Gasteiger partial charge in [0.1, 0.15) is 72.5 Å². The van der Waals surface area contributed by atoms with Gasteiger partial charge in [0, 0.05) is 158 Å². The van der Waals surface area contributed by atoms with Gasteiger partial charge in [-0.2, -0.15) is 19.9 Å². The number of sulfone groups is 1. The lowest BCUT2D eigenvalue weighted by Gasteiger charge is -2.42. The van der Waals surface area contributed by atoms with E-state index in [1.807, 2.05) is 121 Å². The molecule has 8 aromatic carbocycles. The van der Waals surface area contributed by atoms with Crippen molar-refractivity contribution in [1.82, 2.24) is 59.9 Å². The number of anilines is 18. The van der Waals surface area contributed by atoms with Crippen molar-refractivity contribution in [3.8, 4) is 17.2 Å². The first-order valence-corrected chi connectivity index (χ1v) is 58.6. The molecule has 16 rings (SSSR count). The molecule has 10 N–H and O–H groups in total. The molecule has 4 aromatic heterocycles. The van der Waals surface area contributed by atoms with E-state index in [2.05, 4.69) is 121 Å². The molecule has 0 spiro atoms. The predicted molar refractivity (Wildman–Crippen MR) is 573 cm³/mol. The van der Waals surface area contributed by atoms with Crippen LogP contribution in [0.1, 0.15) is 51.5 Å². The van der Waals surface area contributed by atoms with Gasteiger partial charge in [-0.25, -0.2) is 32.7 Å². The first kappa shape index (κ1) is 106. The van der Waals surface area contributed by atoms with Crippen LogP contribution in [0.15, 0.2) is 200 Å². The Morgan fingerprint density at radius 1 is 0.529 bits per heavy atom. The van der Waals surface area contributed by atoms with E-state index in [4.69, 9.17) is 60.6 Å². The van der Waals surface area contributed by atoms with Crippen LogP contribution in [0.4, 0.5) is 108 Å². The van der Waals surface area contributed by atoms with Crippen molar-refractivity contribution >= 4 is 216 Å². The van der Waals surface area contributed by atoms with E-state index in [0.717, 1.165) is 136 Å². The fraction of sp³-hybridized carbons (Fsp3) is 0.337. The average molecular weight is 2080 g/mol. The Hall–Kier alpha value is -11.2. The van der Waals surface area contributed by atoms with Gasteiger partial charge in [0.2, 0.25) is 29.7 Å². The number of likely N-dealkylation sites (N-methyl/N-ethyl adjacent to an activating group) is 1. The molecule has 140 heavy (non-hydrogen) atoms. The van der Waals surface area contributed by atoms with Gasteiger partial charge in [-0.05, 0) is 214 Å². The second-order valence-electron chi connectivity index (χ2n) is 35.3. The third-order valence-electron chi connectivity index (χ3n) is 23.8. The summed E-state index contributed by atoms with van der Waals surface area (Å²) in [5.74, 6) is 4.27. The summed E-state index contributed by atoms with van der Waals surface area (Å²) in [5, 5.41) is 35.4. The second-order valence-corrected chi connectivity index (χ2v) is 52.2. The van der Waals surface area contributed by atoms with Gasteiger partial charge in [-0.1, -0.05) is 88.9 Å². The van der Waals surface area contributed by atoms with Crippen molar-refractivity contribution < 1.29 is 50.1 Å². The van der Waals surface area contributed by atoms with Crippen molar-refractivity contribution in [1.29, 1.82) is 0 Å². The minimum Gasteiger partial charge on any atom is -0.495 e. The lowest BCUT2D eigenvalue weighted by Crippen LogP contribution is -2.52. The van der Waals surface area contributed by atoms with Gasteiger partial charge >= 0.3 is 0 Å². The number of hydrogen-bond donors (Lipinski definition) is 10. The zero-order valence-corrected chi connectivity index (χ0v) is 87.8. The zero-order valence-electron chi connectivity index (χ0n) is 80.4. The number of likely N-dealkylation sites (tertiary alicyclic amines) is 1. The number of halogens is 5. The van der Waals surface area contributed by atoms with E-state index in [1.165, 1.54) is 30.7 Å². The number of piperazine rings is 1. The lowest BCUT2D eigenvalue weighted by atomic mass is 10.0. The Morgan fingerprint density at radius 2 is 1.03 bits per heavy atom. The van der Waals surface area contributed by atoms with E-state index in [1.54, 1.807) is 124 Å². The van der Waals surface area contributed by atoms with E-state index >= 15 is 0 Å². The fourth-order valence-corrected chi connectivity index (χ4v) is 23.9. The predicted octanol–water partition coefficient (Wildman–Crippen LogP) is 20.1. The number of carbonyl (C=O) groups excluding carboxylic acids is 1. The van der Waals surface area contributed by atoms with Crippen molar-refractivity contribution in [3.63, 3.8) is 0 Å². The number of carbonyl (C=O) groups is 1. The summed E-state index contributed by atoms with van der Waals surface area (Å²) in [6.45, 7) is 25.8. The van der Waals surface area contributed by atoms with Crippen LogP contribution >= 0.6 is 75.0 Å². The molecule has 4 aliphatic heterocycles. The van der Waals surface area contributed by atoms with Gasteiger partial charge in [-0.15, -0.1) is 0 Å². The van der Waals surface area contributed by atoms with Crippen molar-refractivity contribution in [2.24, 2.45) is 0 Å². The highest BCUT2D eigenvalue weighted by Gasteiger charge is 2.32. The molecule has 32 nitrogen and oxygen atoms in total. The number of piperidine rings is 1. The van der Waals surface area contributed by atoms with Crippen LogP contribution in [0.25, 0.3) is 0 Å². The molecule has 1 amide bonds. The summed E-state index contributed by atoms with van der Waals surface area (Å²) in [7, 11) is -6.68. The van der Waals surface area contributed by atoms with Gasteiger partial charge in [0.05, 0.1) is 89.9 Å². The van der Waals surface area contributed by atoms with Crippen LogP contribution in [0.3, 0.4) is 0 Å². The highest BCUT2D eigenvalue weighted by molar-refractivity contribution is 7.92. The highest BCUT2D eigenvalue weighted by atomic mass is 35.5. The number of nitrogens with zero attached hydrogens (tertiary/aromatic N) is 12. The Kier molecular flexibility index (Phi) is 36.4. The van der Waals surface area contributed by atoms with E-state index in [0.29, 0.717) is 132 Å². The van der Waals surface area contributed by atoms with Crippen molar-refractivity contribution in [2.75, 3.05) is 205 Å². The molecule has 0 aliphatic carbocycles. The minimum absolute atomic E-state index is 0.0886. The maximum absolute atomic E-state index is 14.8. The number of methoxy groups -OCH3 is 3. The number of aromatic nitrogens is 8. The van der Waals surface area contributed by atoms with Gasteiger partial charge < -0.3 is 100 Å². The minimum atomic E-state index is -3.48. The summed E-state index contributed by atoms with van der Waals surface area (Å²) in [4.78, 5) is 56.4. The van der Waals surface area contributed by atoms with Crippen LogP contribution in [-0.4, -0.2) is 233 Å². The number of aryl methyl sites for hydroxylation is 1. The smallest absolute Gasteiger partial charge is 0.229 e.